The van der Waals surface area contributed by atoms with Crippen molar-refractivity contribution in [3.05, 3.63) is 47.1 Å². The summed E-state index contributed by atoms with van der Waals surface area (Å²) in [5.74, 6) is 2.34. The third-order valence-electron chi connectivity index (χ3n) is 5.65. The van der Waals surface area contributed by atoms with Gasteiger partial charge in [-0.3, -0.25) is 0 Å². The molecule has 0 fully saturated rings. The highest BCUT2D eigenvalue weighted by Gasteiger charge is 2.32. The van der Waals surface area contributed by atoms with Crippen molar-refractivity contribution in [2.45, 2.75) is 65.2 Å². The average Bonchev–Trinajstić information content (AvgIpc) is 2.70. The number of benzene rings is 1. The van der Waals surface area contributed by atoms with Gasteiger partial charge in [-0.25, -0.2) is 0 Å². The van der Waals surface area contributed by atoms with Crippen LogP contribution >= 0.6 is 0 Å². The summed E-state index contributed by atoms with van der Waals surface area (Å²) in [5.41, 5.74) is 4.93. The zero-order chi connectivity index (χ0) is 21.2. The molecule has 0 aliphatic heterocycles. The molecule has 0 unspecified atom stereocenters. The van der Waals surface area contributed by atoms with Crippen molar-refractivity contribution < 1.29 is 18.9 Å². The van der Waals surface area contributed by atoms with E-state index in [9.17, 15) is 0 Å². The molecule has 0 amide bonds. The smallest absolute Gasteiger partial charge is 0.188 e. The SMILES string of the molecule is C=C(C)[C@@H]1CC=C(C)C[C@H]1c1c(OCOC)cc(CCCCC)cc1OCOC. The normalized spacial score (nSPS) is 19.0. The molecule has 4 nitrogen and oxygen atoms in total. The highest BCUT2D eigenvalue weighted by atomic mass is 16.7. The van der Waals surface area contributed by atoms with Crippen LogP contribution in [-0.2, 0) is 15.9 Å². The number of allylic oxidation sites excluding steroid dienone is 3. The fourth-order valence-electron chi connectivity index (χ4n) is 4.14. The molecular weight excluding hydrogens is 364 g/mol. The van der Waals surface area contributed by atoms with E-state index in [-0.39, 0.29) is 19.5 Å². The summed E-state index contributed by atoms with van der Waals surface area (Å²) in [5, 5.41) is 0. The second-order valence-corrected chi connectivity index (χ2v) is 8.11. The molecule has 4 heteroatoms. The second kappa shape index (κ2) is 12.0. The first-order valence-electron chi connectivity index (χ1n) is 10.7. The lowest BCUT2D eigenvalue weighted by Crippen LogP contribution is -2.20. The zero-order valence-electron chi connectivity index (χ0n) is 18.9. The standard InChI is InChI=1S/C25H38O4/c1-7-8-9-10-20-14-23(28-16-26-5)25(24(15-20)29-17-27-6)22-13-19(4)11-12-21(22)18(2)3/h11,14-15,21-22H,2,7-10,12-13,16-17H2,1,3-6H3/t21-,22+/m0/s1. The first-order valence-corrected chi connectivity index (χ1v) is 10.7. The number of unbranched alkanes of at least 4 members (excludes halogenated alkanes) is 2. The Morgan fingerprint density at radius 2 is 1.69 bits per heavy atom. The third-order valence-corrected chi connectivity index (χ3v) is 5.65. The second-order valence-electron chi connectivity index (χ2n) is 8.11. The maximum atomic E-state index is 6.08. The van der Waals surface area contributed by atoms with E-state index in [1.807, 2.05) is 0 Å². The Balaban J connectivity index is 2.52. The van der Waals surface area contributed by atoms with Crippen molar-refractivity contribution in [3.63, 3.8) is 0 Å². The van der Waals surface area contributed by atoms with Crippen molar-refractivity contribution in [2.75, 3.05) is 27.8 Å². The highest BCUT2D eigenvalue weighted by Crippen LogP contribution is 2.48. The van der Waals surface area contributed by atoms with Crippen LogP contribution in [0.3, 0.4) is 0 Å². The van der Waals surface area contributed by atoms with Crippen LogP contribution in [0.2, 0.25) is 0 Å². The zero-order valence-corrected chi connectivity index (χ0v) is 18.9. The van der Waals surface area contributed by atoms with Gasteiger partial charge in [0.2, 0.25) is 0 Å². The Morgan fingerprint density at radius 1 is 1.07 bits per heavy atom. The van der Waals surface area contributed by atoms with Crippen LogP contribution in [0.15, 0.2) is 35.9 Å². The molecule has 1 aliphatic carbocycles. The number of rotatable bonds is 12. The third kappa shape index (κ3) is 6.61. The lowest BCUT2D eigenvalue weighted by molar-refractivity contribution is 0.0436. The van der Waals surface area contributed by atoms with Crippen LogP contribution in [-0.4, -0.2) is 27.8 Å². The first-order chi connectivity index (χ1) is 14.0. The Kier molecular flexibility index (Phi) is 9.75. The largest absolute Gasteiger partial charge is 0.467 e. The van der Waals surface area contributed by atoms with Crippen LogP contribution in [0.5, 0.6) is 11.5 Å². The molecule has 0 heterocycles. The molecule has 0 saturated heterocycles. The van der Waals surface area contributed by atoms with Crippen molar-refractivity contribution in [1.82, 2.24) is 0 Å². The lowest BCUT2D eigenvalue weighted by Gasteiger charge is -2.34. The van der Waals surface area contributed by atoms with Gasteiger partial charge >= 0.3 is 0 Å². The highest BCUT2D eigenvalue weighted by molar-refractivity contribution is 5.52. The molecule has 29 heavy (non-hydrogen) atoms. The van der Waals surface area contributed by atoms with E-state index in [0.717, 1.165) is 42.7 Å². The predicted molar refractivity (Wildman–Crippen MR) is 119 cm³/mol. The summed E-state index contributed by atoms with van der Waals surface area (Å²) in [6, 6.07) is 4.35. The van der Waals surface area contributed by atoms with E-state index < -0.39 is 0 Å². The maximum Gasteiger partial charge on any atom is 0.188 e. The maximum absolute atomic E-state index is 6.08. The van der Waals surface area contributed by atoms with E-state index in [0.29, 0.717) is 5.92 Å². The van der Waals surface area contributed by atoms with Crippen LogP contribution in [0.1, 0.15) is 69.9 Å². The van der Waals surface area contributed by atoms with E-state index in [1.54, 1.807) is 14.2 Å². The average molecular weight is 403 g/mol. The fraction of sp³-hybridized carbons (Fsp3) is 0.600. The number of aryl methyl sites for hydroxylation is 1. The van der Waals surface area contributed by atoms with Gasteiger partial charge in [0, 0.05) is 25.7 Å². The summed E-state index contributed by atoms with van der Waals surface area (Å²) in [7, 11) is 3.30. The number of ether oxygens (including phenoxy) is 4. The number of hydrogen-bond donors (Lipinski definition) is 0. The Bertz CT molecular complexity index is 663. The van der Waals surface area contributed by atoms with Gasteiger partial charge in [0.15, 0.2) is 13.6 Å². The van der Waals surface area contributed by atoms with Gasteiger partial charge in [0.05, 0.1) is 0 Å². The Morgan fingerprint density at radius 3 is 2.21 bits per heavy atom. The van der Waals surface area contributed by atoms with Crippen molar-refractivity contribution in [2.24, 2.45) is 5.92 Å². The molecule has 0 spiro atoms. The van der Waals surface area contributed by atoms with Gasteiger partial charge < -0.3 is 18.9 Å². The molecular formula is C25H38O4. The predicted octanol–water partition coefficient (Wildman–Crippen LogP) is 6.40. The molecule has 2 atom stereocenters. The molecule has 1 aromatic rings. The van der Waals surface area contributed by atoms with Gasteiger partial charge in [-0.15, -0.1) is 0 Å². The molecule has 1 aromatic carbocycles. The van der Waals surface area contributed by atoms with E-state index in [2.05, 4.69) is 45.6 Å². The minimum atomic E-state index is 0.217. The molecule has 2 rings (SSSR count). The molecule has 0 N–H and O–H groups in total. The first kappa shape index (κ1) is 23.5. The monoisotopic (exact) mass is 402 g/mol. The van der Waals surface area contributed by atoms with Crippen molar-refractivity contribution in [3.8, 4) is 11.5 Å². The van der Waals surface area contributed by atoms with Gasteiger partial charge in [0.25, 0.3) is 0 Å². The fourth-order valence-corrected chi connectivity index (χ4v) is 4.14. The molecule has 0 radical (unpaired) electrons. The van der Waals surface area contributed by atoms with E-state index in [4.69, 9.17) is 18.9 Å². The lowest BCUT2D eigenvalue weighted by atomic mass is 9.72. The molecule has 0 aromatic heterocycles. The van der Waals surface area contributed by atoms with Gasteiger partial charge in [-0.2, -0.15) is 0 Å². The Hall–Kier alpha value is -1.78. The molecule has 0 bridgehead atoms. The topological polar surface area (TPSA) is 36.9 Å². The van der Waals surface area contributed by atoms with Crippen LogP contribution in [0, 0.1) is 5.92 Å². The van der Waals surface area contributed by atoms with Gasteiger partial charge in [0.1, 0.15) is 11.5 Å². The summed E-state index contributed by atoms with van der Waals surface area (Å²) < 4.78 is 22.6. The van der Waals surface area contributed by atoms with E-state index in [1.165, 1.54) is 29.6 Å². The molecule has 0 saturated carbocycles. The van der Waals surface area contributed by atoms with E-state index >= 15 is 0 Å². The molecule has 1 aliphatic rings. The van der Waals surface area contributed by atoms with Gasteiger partial charge in [-0.1, -0.05) is 43.6 Å². The quantitative estimate of drug-likeness (QED) is 0.230. The minimum absolute atomic E-state index is 0.217. The molecule has 162 valence electrons. The van der Waals surface area contributed by atoms with Crippen LogP contribution in [0.25, 0.3) is 0 Å². The summed E-state index contributed by atoms with van der Waals surface area (Å²) in [6.07, 6.45) is 8.88. The van der Waals surface area contributed by atoms with Crippen molar-refractivity contribution in [1.29, 1.82) is 0 Å². The number of hydrogen-bond acceptors (Lipinski definition) is 4. The van der Waals surface area contributed by atoms with Crippen molar-refractivity contribution >= 4 is 0 Å². The minimum Gasteiger partial charge on any atom is -0.467 e. The number of methoxy groups -OCH3 is 2. The summed E-state index contributed by atoms with van der Waals surface area (Å²) in [6.45, 7) is 11.2. The summed E-state index contributed by atoms with van der Waals surface area (Å²) in [4.78, 5) is 0. The summed E-state index contributed by atoms with van der Waals surface area (Å²) >= 11 is 0. The van der Waals surface area contributed by atoms with Crippen LogP contribution in [0.4, 0.5) is 0 Å². The van der Waals surface area contributed by atoms with Gasteiger partial charge in [-0.05, 0) is 63.1 Å². The van der Waals surface area contributed by atoms with Crippen LogP contribution < -0.4 is 9.47 Å². The Labute approximate surface area is 176 Å².